The Labute approximate surface area is 152 Å². The SMILES string of the molecule is Cl.c1ccc2c(c1)CCCC2CNC1CCCC1C1COCCN1. The zero-order valence-electron chi connectivity index (χ0n) is 14.5. The number of fused-ring (bicyclic) bond motifs is 1. The lowest BCUT2D eigenvalue weighted by molar-refractivity contribution is 0.0524. The van der Waals surface area contributed by atoms with Crippen LogP contribution in [0.15, 0.2) is 24.3 Å². The molecule has 134 valence electrons. The second-order valence-electron chi connectivity index (χ2n) is 7.53. The molecular weight excluding hydrogens is 320 g/mol. The first-order valence-corrected chi connectivity index (χ1v) is 9.54. The summed E-state index contributed by atoms with van der Waals surface area (Å²) in [6.45, 7) is 3.94. The van der Waals surface area contributed by atoms with E-state index in [1.165, 1.54) is 38.5 Å². The maximum absolute atomic E-state index is 5.69. The van der Waals surface area contributed by atoms with Gasteiger partial charge in [0.2, 0.25) is 0 Å². The Hall–Kier alpha value is -0.610. The summed E-state index contributed by atoms with van der Waals surface area (Å²) in [7, 11) is 0. The Morgan fingerprint density at radius 3 is 2.92 bits per heavy atom. The maximum Gasteiger partial charge on any atom is 0.0623 e. The van der Waals surface area contributed by atoms with Crippen LogP contribution in [0.3, 0.4) is 0 Å². The van der Waals surface area contributed by atoms with Gasteiger partial charge in [-0.25, -0.2) is 0 Å². The van der Waals surface area contributed by atoms with Crippen molar-refractivity contribution >= 4 is 12.4 Å². The normalized spacial score (nSPS) is 32.8. The van der Waals surface area contributed by atoms with Gasteiger partial charge in [-0.05, 0) is 55.1 Å². The highest BCUT2D eigenvalue weighted by molar-refractivity contribution is 5.85. The molecule has 3 aliphatic rings. The average molecular weight is 351 g/mol. The van der Waals surface area contributed by atoms with Gasteiger partial charge in [-0.2, -0.15) is 0 Å². The molecule has 1 aromatic rings. The first kappa shape index (κ1) is 18.2. The number of hydrogen-bond acceptors (Lipinski definition) is 3. The lowest BCUT2D eigenvalue weighted by Crippen LogP contribution is -2.51. The smallest absolute Gasteiger partial charge is 0.0623 e. The molecule has 0 spiro atoms. The third-order valence-electron chi connectivity index (χ3n) is 6.16. The number of ether oxygens (including phenoxy) is 1. The van der Waals surface area contributed by atoms with Crippen LogP contribution < -0.4 is 10.6 Å². The van der Waals surface area contributed by atoms with Crippen molar-refractivity contribution in [2.75, 3.05) is 26.3 Å². The van der Waals surface area contributed by atoms with Crippen molar-refractivity contribution in [3.05, 3.63) is 35.4 Å². The van der Waals surface area contributed by atoms with Gasteiger partial charge >= 0.3 is 0 Å². The molecule has 4 rings (SSSR count). The summed E-state index contributed by atoms with van der Waals surface area (Å²) in [5, 5.41) is 7.62. The molecule has 0 radical (unpaired) electrons. The minimum Gasteiger partial charge on any atom is -0.379 e. The van der Waals surface area contributed by atoms with Gasteiger partial charge in [-0.15, -0.1) is 12.4 Å². The van der Waals surface area contributed by atoms with Crippen LogP contribution in [-0.4, -0.2) is 38.4 Å². The third-order valence-corrected chi connectivity index (χ3v) is 6.16. The number of rotatable bonds is 4. The minimum atomic E-state index is 0. The highest BCUT2D eigenvalue weighted by atomic mass is 35.5. The molecule has 1 saturated carbocycles. The molecule has 4 heteroatoms. The fourth-order valence-electron chi connectivity index (χ4n) is 4.94. The van der Waals surface area contributed by atoms with E-state index in [1.807, 2.05) is 0 Å². The Morgan fingerprint density at radius 2 is 2.04 bits per heavy atom. The Balaban J connectivity index is 0.00000169. The molecule has 0 bridgehead atoms. The predicted molar refractivity (Wildman–Crippen MR) is 101 cm³/mol. The molecule has 4 unspecified atom stereocenters. The molecule has 2 aliphatic carbocycles. The summed E-state index contributed by atoms with van der Waals surface area (Å²) in [5.41, 5.74) is 3.18. The van der Waals surface area contributed by atoms with E-state index < -0.39 is 0 Å². The third kappa shape index (κ3) is 3.96. The lowest BCUT2D eigenvalue weighted by Gasteiger charge is -2.34. The maximum atomic E-state index is 5.69. The molecule has 24 heavy (non-hydrogen) atoms. The number of aryl methyl sites for hydroxylation is 1. The van der Waals surface area contributed by atoms with E-state index in [9.17, 15) is 0 Å². The van der Waals surface area contributed by atoms with Crippen LogP contribution in [-0.2, 0) is 11.2 Å². The van der Waals surface area contributed by atoms with E-state index in [-0.39, 0.29) is 12.4 Å². The van der Waals surface area contributed by atoms with Crippen molar-refractivity contribution in [3.8, 4) is 0 Å². The average Bonchev–Trinajstić information content (AvgIpc) is 3.09. The zero-order valence-corrected chi connectivity index (χ0v) is 15.3. The number of hydrogen-bond donors (Lipinski definition) is 2. The fourth-order valence-corrected chi connectivity index (χ4v) is 4.94. The molecule has 1 saturated heterocycles. The van der Waals surface area contributed by atoms with Crippen molar-refractivity contribution in [3.63, 3.8) is 0 Å². The largest absolute Gasteiger partial charge is 0.379 e. The molecule has 3 nitrogen and oxygen atoms in total. The zero-order chi connectivity index (χ0) is 15.5. The monoisotopic (exact) mass is 350 g/mol. The van der Waals surface area contributed by atoms with Gasteiger partial charge in [-0.3, -0.25) is 0 Å². The van der Waals surface area contributed by atoms with Crippen LogP contribution in [0.2, 0.25) is 0 Å². The van der Waals surface area contributed by atoms with Crippen LogP contribution in [0.5, 0.6) is 0 Å². The summed E-state index contributed by atoms with van der Waals surface area (Å²) < 4.78 is 5.69. The molecule has 1 aromatic carbocycles. The van der Waals surface area contributed by atoms with Crippen molar-refractivity contribution in [2.24, 2.45) is 5.92 Å². The standard InChI is InChI=1S/C20H30N2O.ClH/c1-2-8-17-15(5-1)6-3-7-16(17)13-22-19-10-4-9-18(19)20-14-23-12-11-21-20;/h1-2,5,8,16,18-22H,3-4,6-7,9-14H2;1H. The molecule has 0 aromatic heterocycles. The van der Waals surface area contributed by atoms with Crippen LogP contribution in [0.4, 0.5) is 0 Å². The summed E-state index contributed by atoms with van der Waals surface area (Å²) in [5.74, 6) is 1.45. The number of morpholine rings is 1. The number of benzene rings is 1. The molecule has 1 aliphatic heterocycles. The van der Waals surface area contributed by atoms with Gasteiger partial charge in [0.1, 0.15) is 0 Å². The molecule has 2 N–H and O–H groups in total. The van der Waals surface area contributed by atoms with Crippen LogP contribution in [0.1, 0.15) is 49.1 Å². The quantitative estimate of drug-likeness (QED) is 0.874. The first-order chi connectivity index (χ1) is 11.4. The van der Waals surface area contributed by atoms with Crippen LogP contribution in [0.25, 0.3) is 0 Å². The summed E-state index contributed by atoms with van der Waals surface area (Å²) >= 11 is 0. The first-order valence-electron chi connectivity index (χ1n) is 9.54. The van der Waals surface area contributed by atoms with Crippen molar-refractivity contribution in [2.45, 2.75) is 56.5 Å². The Bertz CT molecular complexity index is 518. The fraction of sp³-hybridized carbons (Fsp3) is 0.700. The van der Waals surface area contributed by atoms with E-state index in [2.05, 4.69) is 34.9 Å². The second-order valence-corrected chi connectivity index (χ2v) is 7.53. The lowest BCUT2D eigenvalue weighted by atomic mass is 9.82. The molecule has 2 fully saturated rings. The molecule has 0 amide bonds. The van der Waals surface area contributed by atoms with Crippen LogP contribution >= 0.6 is 12.4 Å². The van der Waals surface area contributed by atoms with Gasteiger partial charge in [0.25, 0.3) is 0 Å². The van der Waals surface area contributed by atoms with Gasteiger partial charge in [0.15, 0.2) is 0 Å². The summed E-state index contributed by atoms with van der Waals surface area (Å²) in [6, 6.07) is 10.3. The summed E-state index contributed by atoms with van der Waals surface area (Å²) in [6.07, 6.45) is 7.99. The molecule has 1 heterocycles. The van der Waals surface area contributed by atoms with Gasteiger partial charge in [0, 0.05) is 25.2 Å². The van der Waals surface area contributed by atoms with Crippen molar-refractivity contribution < 1.29 is 4.74 Å². The highest BCUT2D eigenvalue weighted by Gasteiger charge is 2.35. The topological polar surface area (TPSA) is 33.3 Å². The molecular formula is C20H31ClN2O. The van der Waals surface area contributed by atoms with Crippen LogP contribution in [0, 0.1) is 5.92 Å². The predicted octanol–water partition coefficient (Wildman–Crippen LogP) is 3.28. The van der Waals surface area contributed by atoms with E-state index in [0.29, 0.717) is 18.0 Å². The van der Waals surface area contributed by atoms with Gasteiger partial charge in [-0.1, -0.05) is 30.7 Å². The van der Waals surface area contributed by atoms with Crippen molar-refractivity contribution in [1.29, 1.82) is 0 Å². The molecule has 4 atom stereocenters. The minimum absolute atomic E-state index is 0. The number of halogens is 1. The number of nitrogens with one attached hydrogen (secondary N) is 2. The van der Waals surface area contributed by atoms with E-state index in [4.69, 9.17) is 4.74 Å². The van der Waals surface area contributed by atoms with Gasteiger partial charge < -0.3 is 15.4 Å². The van der Waals surface area contributed by atoms with E-state index in [0.717, 1.165) is 32.2 Å². The summed E-state index contributed by atoms with van der Waals surface area (Å²) in [4.78, 5) is 0. The van der Waals surface area contributed by atoms with Gasteiger partial charge in [0.05, 0.1) is 13.2 Å². The Kier molecular flexibility index (Phi) is 6.56. The van der Waals surface area contributed by atoms with E-state index >= 15 is 0 Å². The Morgan fingerprint density at radius 1 is 1.12 bits per heavy atom. The highest BCUT2D eigenvalue weighted by Crippen LogP contribution is 2.33. The van der Waals surface area contributed by atoms with E-state index in [1.54, 1.807) is 11.1 Å². The van der Waals surface area contributed by atoms with Crippen molar-refractivity contribution in [1.82, 2.24) is 10.6 Å². The second kappa shape index (κ2) is 8.66.